The minimum atomic E-state index is -0.301. The van der Waals surface area contributed by atoms with Gasteiger partial charge in [-0.05, 0) is 57.1 Å². The lowest BCUT2D eigenvalue weighted by atomic mass is 10.1. The second-order valence-corrected chi connectivity index (χ2v) is 10.9. The number of nitrogens with zero attached hydrogens (tertiary/aromatic N) is 5. The van der Waals surface area contributed by atoms with Crippen molar-refractivity contribution in [3.05, 3.63) is 74.9 Å². The Morgan fingerprint density at radius 3 is 2.54 bits per heavy atom. The zero-order valence-electron chi connectivity index (χ0n) is 22.8. The van der Waals surface area contributed by atoms with Crippen LogP contribution in [-0.4, -0.2) is 65.9 Å². The van der Waals surface area contributed by atoms with Crippen LogP contribution in [0.4, 0.5) is 17.2 Å². The van der Waals surface area contributed by atoms with Crippen LogP contribution in [0.2, 0.25) is 0 Å². The quantitative estimate of drug-likeness (QED) is 0.415. The molecule has 1 saturated heterocycles. The summed E-state index contributed by atoms with van der Waals surface area (Å²) in [5.74, 6) is 0.394. The summed E-state index contributed by atoms with van der Waals surface area (Å²) in [7, 11) is 3.23. The molecule has 0 atom stereocenters. The van der Waals surface area contributed by atoms with Gasteiger partial charge in [0.15, 0.2) is 0 Å². The number of aromatic nitrogens is 2. The van der Waals surface area contributed by atoms with E-state index in [9.17, 15) is 14.4 Å². The van der Waals surface area contributed by atoms with Gasteiger partial charge in [-0.25, -0.2) is 9.59 Å². The molecule has 3 aromatic rings. The highest BCUT2D eigenvalue weighted by atomic mass is 32.2. The van der Waals surface area contributed by atoms with Gasteiger partial charge in [0, 0.05) is 51.2 Å². The SMILES string of the molecule is CCOC(=O)c1cccc2c1Sc1ccccc1N2CCCN1CCCN(c2cc(=O)n(C)c(=O)n2C)CC1. The number of hydrogen-bond donors (Lipinski definition) is 0. The number of anilines is 3. The van der Waals surface area contributed by atoms with E-state index in [-0.39, 0.29) is 17.2 Å². The van der Waals surface area contributed by atoms with Gasteiger partial charge in [0.05, 0.1) is 28.4 Å². The summed E-state index contributed by atoms with van der Waals surface area (Å²) >= 11 is 1.63. The summed E-state index contributed by atoms with van der Waals surface area (Å²) in [5, 5.41) is 0. The number of benzene rings is 2. The largest absolute Gasteiger partial charge is 0.462 e. The van der Waals surface area contributed by atoms with Crippen molar-refractivity contribution in [1.29, 1.82) is 0 Å². The summed E-state index contributed by atoms with van der Waals surface area (Å²) in [6.07, 6.45) is 1.91. The molecule has 1 fully saturated rings. The lowest BCUT2D eigenvalue weighted by Crippen LogP contribution is -2.41. The van der Waals surface area contributed by atoms with Crippen LogP contribution in [-0.2, 0) is 18.8 Å². The molecule has 9 nitrogen and oxygen atoms in total. The highest BCUT2D eigenvalue weighted by Crippen LogP contribution is 2.49. The van der Waals surface area contributed by atoms with Gasteiger partial charge in [0.25, 0.3) is 5.56 Å². The lowest BCUT2D eigenvalue weighted by molar-refractivity contribution is 0.0522. The van der Waals surface area contributed by atoms with E-state index in [2.05, 4.69) is 39.0 Å². The minimum Gasteiger partial charge on any atom is -0.462 e. The zero-order chi connectivity index (χ0) is 27.5. The van der Waals surface area contributed by atoms with Crippen LogP contribution in [0.25, 0.3) is 0 Å². The van der Waals surface area contributed by atoms with E-state index >= 15 is 0 Å². The number of para-hydroxylation sites is 1. The van der Waals surface area contributed by atoms with Gasteiger partial charge in [-0.3, -0.25) is 13.9 Å². The van der Waals surface area contributed by atoms with Gasteiger partial charge in [-0.1, -0.05) is 30.0 Å². The Labute approximate surface area is 232 Å². The number of rotatable bonds is 7. The average Bonchev–Trinajstić information content (AvgIpc) is 3.19. The van der Waals surface area contributed by atoms with Crippen LogP contribution in [0.3, 0.4) is 0 Å². The molecule has 0 amide bonds. The number of carbonyl (C=O) groups is 1. The molecule has 0 N–H and O–H groups in total. The summed E-state index contributed by atoms with van der Waals surface area (Å²) in [4.78, 5) is 46.4. The zero-order valence-corrected chi connectivity index (χ0v) is 23.6. The van der Waals surface area contributed by atoms with Gasteiger partial charge in [-0.15, -0.1) is 0 Å². The molecule has 0 unspecified atom stereocenters. The van der Waals surface area contributed by atoms with Crippen molar-refractivity contribution < 1.29 is 9.53 Å². The van der Waals surface area contributed by atoms with Crippen molar-refractivity contribution >= 4 is 34.9 Å². The minimum absolute atomic E-state index is 0.277. The Morgan fingerprint density at radius 2 is 1.72 bits per heavy atom. The molecule has 2 aliphatic rings. The van der Waals surface area contributed by atoms with Crippen LogP contribution in [0, 0.1) is 0 Å². The van der Waals surface area contributed by atoms with Crippen LogP contribution in [0.15, 0.2) is 67.9 Å². The first kappa shape index (κ1) is 27.1. The first-order valence-electron chi connectivity index (χ1n) is 13.5. The molecule has 5 rings (SSSR count). The number of carbonyl (C=O) groups excluding carboxylic acids is 1. The molecule has 206 valence electrons. The van der Waals surface area contributed by atoms with E-state index < -0.39 is 0 Å². The standard InChI is InChI=1S/C29H35N5O4S/c1-4-38-28(36)21-10-7-12-23-27(21)39-24-13-6-5-11-22(24)34(23)17-9-15-32-14-8-16-33(19-18-32)25-20-26(35)31(3)29(37)30(25)2/h5-7,10-13,20H,4,8-9,14-19H2,1-3H3. The molecular formula is C29H35N5O4S. The van der Waals surface area contributed by atoms with Crippen LogP contribution < -0.4 is 21.0 Å². The molecule has 3 heterocycles. The summed E-state index contributed by atoms with van der Waals surface area (Å²) in [6.45, 7) is 7.31. The van der Waals surface area contributed by atoms with Crippen molar-refractivity contribution in [2.45, 2.75) is 29.6 Å². The van der Waals surface area contributed by atoms with Crippen molar-refractivity contribution in [1.82, 2.24) is 14.0 Å². The second kappa shape index (κ2) is 11.7. The second-order valence-electron chi connectivity index (χ2n) is 9.87. The molecular weight excluding hydrogens is 514 g/mol. The molecule has 2 aliphatic heterocycles. The molecule has 39 heavy (non-hydrogen) atoms. The van der Waals surface area contributed by atoms with E-state index in [1.165, 1.54) is 7.05 Å². The third-order valence-electron chi connectivity index (χ3n) is 7.42. The third kappa shape index (κ3) is 5.49. The number of ether oxygens (including phenoxy) is 1. The van der Waals surface area contributed by atoms with E-state index in [1.54, 1.807) is 29.4 Å². The average molecular weight is 550 g/mol. The summed E-state index contributed by atoms with van der Waals surface area (Å²) in [5.41, 5.74) is 2.23. The highest BCUT2D eigenvalue weighted by Gasteiger charge is 2.28. The fourth-order valence-electron chi connectivity index (χ4n) is 5.36. The molecule has 0 radical (unpaired) electrons. The molecule has 0 bridgehead atoms. The topological polar surface area (TPSA) is 80.0 Å². The predicted molar refractivity (Wildman–Crippen MR) is 155 cm³/mol. The van der Waals surface area contributed by atoms with Gasteiger partial charge in [0.1, 0.15) is 5.82 Å². The fourth-order valence-corrected chi connectivity index (χ4v) is 6.56. The van der Waals surface area contributed by atoms with Gasteiger partial charge in [-0.2, -0.15) is 0 Å². The van der Waals surface area contributed by atoms with Crippen LogP contribution >= 0.6 is 11.8 Å². The maximum Gasteiger partial charge on any atom is 0.339 e. The summed E-state index contributed by atoms with van der Waals surface area (Å²) in [6, 6.07) is 15.7. The Kier molecular flexibility index (Phi) is 8.13. The third-order valence-corrected chi connectivity index (χ3v) is 8.62. The fraction of sp³-hybridized carbons (Fsp3) is 0.414. The molecule has 0 aliphatic carbocycles. The molecule has 1 aromatic heterocycles. The molecule has 0 spiro atoms. The van der Waals surface area contributed by atoms with Gasteiger partial charge in [0.2, 0.25) is 0 Å². The van der Waals surface area contributed by atoms with Gasteiger partial charge >= 0.3 is 11.7 Å². The van der Waals surface area contributed by atoms with Crippen LogP contribution in [0.5, 0.6) is 0 Å². The van der Waals surface area contributed by atoms with E-state index in [0.29, 0.717) is 18.0 Å². The van der Waals surface area contributed by atoms with Crippen molar-refractivity contribution in [3.8, 4) is 0 Å². The van der Waals surface area contributed by atoms with Crippen molar-refractivity contribution in [3.63, 3.8) is 0 Å². The van der Waals surface area contributed by atoms with Gasteiger partial charge < -0.3 is 19.4 Å². The first-order valence-corrected chi connectivity index (χ1v) is 14.3. The molecule has 2 aromatic carbocycles. The van der Waals surface area contributed by atoms with E-state index in [4.69, 9.17) is 4.74 Å². The number of hydrogen-bond acceptors (Lipinski definition) is 8. The maximum absolute atomic E-state index is 12.7. The predicted octanol–water partition coefficient (Wildman–Crippen LogP) is 3.47. The Balaban J connectivity index is 1.28. The number of fused-ring (bicyclic) bond motifs is 2. The Bertz CT molecular complexity index is 1480. The first-order chi connectivity index (χ1) is 18.9. The van der Waals surface area contributed by atoms with E-state index in [1.807, 2.05) is 25.1 Å². The smallest absolute Gasteiger partial charge is 0.339 e. The Morgan fingerprint density at radius 1 is 0.923 bits per heavy atom. The molecule has 0 saturated carbocycles. The molecule has 10 heteroatoms. The normalized spacial score (nSPS) is 15.5. The van der Waals surface area contributed by atoms with Crippen LogP contribution in [0.1, 0.15) is 30.1 Å². The monoisotopic (exact) mass is 549 g/mol. The van der Waals surface area contributed by atoms with E-state index in [0.717, 1.165) is 77.8 Å². The maximum atomic E-state index is 12.7. The van der Waals surface area contributed by atoms with Crippen molar-refractivity contribution in [2.75, 3.05) is 55.7 Å². The lowest BCUT2D eigenvalue weighted by Gasteiger charge is -2.34. The highest BCUT2D eigenvalue weighted by molar-refractivity contribution is 7.99. The Hall–Kier alpha value is -3.50. The van der Waals surface area contributed by atoms with Crippen molar-refractivity contribution in [2.24, 2.45) is 14.1 Å². The summed E-state index contributed by atoms with van der Waals surface area (Å²) < 4.78 is 8.04. The number of esters is 1.